The van der Waals surface area contributed by atoms with Gasteiger partial charge in [0.1, 0.15) is 5.75 Å². The lowest BCUT2D eigenvalue weighted by Crippen LogP contribution is -2.25. The van der Waals surface area contributed by atoms with Crippen molar-refractivity contribution in [3.63, 3.8) is 0 Å². The van der Waals surface area contributed by atoms with Crippen LogP contribution in [-0.4, -0.2) is 12.5 Å². The van der Waals surface area contributed by atoms with E-state index in [4.69, 9.17) is 4.74 Å². The predicted molar refractivity (Wildman–Crippen MR) is 122 cm³/mol. The van der Waals surface area contributed by atoms with Crippen molar-refractivity contribution in [2.45, 2.75) is 6.92 Å². The Labute approximate surface area is 179 Å². The van der Waals surface area contributed by atoms with Crippen LogP contribution in [0.25, 0.3) is 11.8 Å². The molecule has 144 valence electrons. The summed E-state index contributed by atoms with van der Waals surface area (Å²) in [5.74, 6) is 0.771. The van der Waals surface area contributed by atoms with Gasteiger partial charge in [0.25, 0.3) is 5.91 Å². The van der Waals surface area contributed by atoms with Crippen LogP contribution in [0, 0.1) is 0 Å². The molecule has 0 aromatic heterocycles. The Morgan fingerprint density at radius 2 is 1.62 bits per heavy atom. The maximum absolute atomic E-state index is 13.4. The summed E-state index contributed by atoms with van der Waals surface area (Å²) < 4.78 is 6.37. The van der Waals surface area contributed by atoms with Crippen LogP contribution in [0.15, 0.2) is 95.0 Å². The third kappa shape index (κ3) is 4.03. The average Bonchev–Trinajstić information content (AvgIpc) is 3.07. The highest BCUT2D eigenvalue weighted by Gasteiger charge is 2.31. The van der Waals surface area contributed by atoms with Gasteiger partial charge in [-0.3, -0.25) is 9.69 Å². The highest BCUT2D eigenvalue weighted by molar-refractivity contribution is 9.10. The Balaban J connectivity index is 1.77. The first-order valence-electron chi connectivity index (χ1n) is 9.48. The van der Waals surface area contributed by atoms with Crippen molar-refractivity contribution in [1.29, 1.82) is 0 Å². The van der Waals surface area contributed by atoms with E-state index in [9.17, 15) is 4.79 Å². The number of para-hydroxylation sites is 1. The fourth-order valence-corrected chi connectivity index (χ4v) is 3.78. The lowest BCUT2D eigenvalue weighted by molar-refractivity contribution is -0.113. The highest BCUT2D eigenvalue weighted by atomic mass is 79.9. The minimum absolute atomic E-state index is 0.0513. The van der Waals surface area contributed by atoms with E-state index in [0.29, 0.717) is 12.2 Å². The molecule has 0 unspecified atom stereocenters. The SMILES string of the molecule is CCOc1ccc(/C=C2\C=C(c3ccccc3)N(c3ccccc3Br)C2=O)cc1. The van der Waals surface area contributed by atoms with Crippen LogP contribution >= 0.6 is 15.9 Å². The largest absolute Gasteiger partial charge is 0.494 e. The van der Waals surface area contributed by atoms with Gasteiger partial charge in [0, 0.05) is 10.0 Å². The summed E-state index contributed by atoms with van der Waals surface area (Å²) in [6, 6.07) is 25.5. The first-order chi connectivity index (χ1) is 14.2. The number of hydrogen-bond acceptors (Lipinski definition) is 2. The van der Waals surface area contributed by atoms with Gasteiger partial charge in [-0.15, -0.1) is 0 Å². The van der Waals surface area contributed by atoms with E-state index in [2.05, 4.69) is 15.9 Å². The van der Waals surface area contributed by atoms with Crippen molar-refractivity contribution < 1.29 is 9.53 Å². The van der Waals surface area contributed by atoms with Crippen molar-refractivity contribution in [2.24, 2.45) is 0 Å². The van der Waals surface area contributed by atoms with Gasteiger partial charge in [-0.2, -0.15) is 0 Å². The molecule has 1 aliphatic heterocycles. The van der Waals surface area contributed by atoms with Gasteiger partial charge in [0.2, 0.25) is 0 Å². The number of anilines is 1. The molecular weight excluding hydrogens is 426 g/mol. The molecule has 0 N–H and O–H groups in total. The molecule has 0 fully saturated rings. The number of rotatable bonds is 5. The van der Waals surface area contributed by atoms with E-state index in [0.717, 1.165) is 32.7 Å². The van der Waals surface area contributed by atoms with Gasteiger partial charge in [-0.1, -0.05) is 54.6 Å². The summed E-state index contributed by atoms with van der Waals surface area (Å²) in [6.07, 6.45) is 3.87. The van der Waals surface area contributed by atoms with Gasteiger partial charge >= 0.3 is 0 Å². The Morgan fingerprint density at radius 3 is 2.31 bits per heavy atom. The second-order valence-electron chi connectivity index (χ2n) is 6.59. The third-order valence-electron chi connectivity index (χ3n) is 4.66. The molecule has 1 amide bonds. The van der Waals surface area contributed by atoms with E-state index in [-0.39, 0.29) is 5.91 Å². The number of carbonyl (C=O) groups excluding carboxylic acids is 1. The summed E-state index contributed by atoms with van der Waals surface area (Å²) in [4.78, 5) is 15.1. The smallest absolute Gasteiger partial charge is 0.262 e. The normalized spacial score (nSPS) is 15.0. The lowest BCUT2D eigenvalue weighted by atomic mass is 10.1. The molecule has 3 aromatic rings. The fourth-order valence-electron chi connectivity index (χ4n) is 3.32. The monoisotopic (exact) mass is 445 g/mol. The maximum Gasteiger partial charge on any atom is 0.262 e. The standard InChI is InChI=1S/C25H20BrNO2/c1-2-29-21-14-12-18(13-15-21)16-20-17-24(19-8-4-3-5-9-19)27(25(20)28)23-11-7-6-10-22(23)26/h3-17H,2H2,1H3/b20-16+. The zero-order valence-corrected chi connectivity index (χ0v) is 17.6. The first kappa shape index (κ1) is 19.2. The van der Waals surface area contributed by atoms with Crippen molar-refractivity contribution in [1.82, 2.24) is 0 Å². The minimum Gasteiger partial charge on any atom is -0.494 e. The molecule has 4 heteroatoms. The van der Waals surface area contributed by atoms with Crippen LogP contribution < -0.4 is 9.64 Å². The number of benzene rings is 3. The minimum atomic E-state index is -0.0513. The van der Waals surface area contributed by atoms with E-state index in [1.807, 2.05) is 97.9 Å². The quantitative estimate of drug-likeness (QED) is 0.430. The maximum atomic E-state index is 13.4. The van der Waals surface area contributed by atoms with E-state index in [1.54, 1.807) is 4.90 Å². The van der Waals surface area contributed by atoms with Crippen LogP contribution in [0.3, 0.4) is 0 Å². The molecule has 0 aliphatic carbocycles. The topological polar surface area (TPSA) is 29.5 Å². The number of amides is 1. The molecule has 0 atom stereocenters. The molecule has 0 bridgehead atoms. The molecule has 0 saturated carbocycles. The number of ether oxygens (including phenoxy) is 1. The van der Waals surface area contributed by atoms with Gasteiger partial charge < -0.3 is 4.74 Å². The van der Waals surface area contributed by atoms with Crippen molar-refractivity contribution in [3.8, 4) is 5.75 Å². The van der Waals surface area contributed by atoms with Crippen molar-refractivity contribution >= 4 is 39.3 Å². The predicted octanol–water partition coefficient (Wildman–Crippen LogP) is 6.32. The third-order valence-corrected chi connectivity index (χ3v) is 5.33. The zero-order valence-electron chi connectivity index (χ0n) is 16.0. The summed E-state index contributed by atoms with van der Waals surface area (Å²) in [6.45, 7) is 2.59. The molecule has 0 saturated heterocycles. The molecule has 29 heavy (non-hydrogen) atoms. The summed E-state index contributed by atoms with van der Waals surface area (Å²) in [5, 5.41) is 0. The van der Waals surface area contributed by atoms with Crippen molar-refractivity contribution in [3.05, 3.63) is 106 Å². The first-order valence-corrected chi connectivity index (χ1v) is 10.3. The molecule has 1 aliphatic rings. The van der Waals surface area contributed by atoms with E-state index < -0.39 is 0 Å². The number of halogens is 1. The summed E-state index contributed by atoms with van der Waals surface area (Å²) in [5.41, 5.74) is 4.27. The average molecular weight is 446 g/mol. The fraction of sp³-hybridized carbons (Fsp3) is 0.0800. The summed E-state index contributed by atoms with van der Waals surface area (Å²) >= 11 is 3.59. The van der Waals surface area contributed by atoms with Crippen LogP contribution in [0.4, 0.5) is 5.69 Å². The Hall–Kier alpha value is -3.11. The van der Waals surface area contributed by atoms with Crippen LogP contribution in [0.1, 0.15) is 18.1 Å². The number of hydrogen-bond donors (Lipinski definition) is 0. The molecule has 0 spiro atoms. The van der Waals surface area contributed by atoms with Gasteiger partial charge in [-0.25, -0.2) is 0 Å². The number of carbonyl (C=O) groups is 1. The second kappa shape index (κ2) is 8.50. The van der Waals surface area contributed by atoms with Gasteiger partial charge in [-0.05, 0) is 70.4 Å². The van der Waals surface area contributed by atoms with Crippen LogP contribution in [0.5, 0.6) is 5.75 Å². The number of nitrogens with zero attached hydrogens (tertiary/aromatic N) is 1. The molecule has 0 radical (unpaired) electrons. The Kier molecular flexibility index (Phi) is 5.63. The Bertz CT molecular complexity index is 1090. The van der Waals surface area contributed by atoms with Gasteiger partial charge in [0.05, 0.1) is 18.0 Å². The van der Waals surface area contributed by atoms with Crippen LogP contribution in [0.2, 0.25) is 0 Å². The second-order valence-corrected chi connectivity index (χ2v) is 7.44. The molecular formula is C25H20BrNO2. The van der Waals surface area contributed by atoms with Gasteiger partial charge in [0.15, 0.2) is 0 Å². The summed E-state index contributed by atoms with van der Waals surface area (Å²) in [7, 11) is 0. The van der Waals surface area contributed by atoms with Crippen molar-refractivity contribution in [2.75, 3.05) is 11.5 Å². The van der Waals surface area contributed by atoms with E-state index >= 15 is 0 Å². The van der Waals surface area contributed by atoms with Crippen LogP contribution in [-0.2, 0) is 4.79 Å². The molecule has 3 nitrogen and oxygen atoms in total. The highest BCUT2D eigenvalue weighted by Crippen LogP contribution is 2.38. The van der Waals surface area contributed by atoms with E-state index in [1.165, 1.54) is 0 Å². The molecule has 3 aromatic carbocycles. The molecule has 1 heterocycles. The zero-order chi connectivity index (χ0) is 20.2. The molecule has 4 rings (SSSR count). The lowest BCUT2D eigenvalue weighted by Gasteiger charge is -2.22. The Morgan fingerprint density at radius 1 is 0.931 bits per heavy atom.